The van der Waals surface area contributed by atoms with E-state index in [0.717, 1.165) is 30.1 Å². The highest BCUT2D eigenvalue weighted by Gasteiger charge is 2.38. The first-order valence-electron chi connectivity index (χ1n) is 8.71. The van der Waals surface area contributed by atoms with Crippen LogP contribution in [0.25, 0.3) is 0 Å². The lowest BCUT2D eigenvalue weighted by Gasteiger charge is -2.17. The number of nitrogens with zero attached hydrogens (tertiary/aromatic N) is 3. The number of methoxy groups -OCH3 is 1. The second-order valence-electron chi connectivity index (χ2n) is 6.56. The van der Waals surface area contributed by atoms with E-state index in [0.29, 0.717) is 19.6 Å². The van der Waals surface area contributed by atoms with E-state index < -0.39 is 11.9 Å². The van der Waals surface area contributed by atoms with Crippen LogP contribution >= 0.6 is 0 Å². The third kappa shape index (κ3) is 3.85. The van der Waals surface area contributed by atoms with Crippen LogP contribution < -0.4 is 4.74 Å². The van der Waals surface area contributed by atoms with Crippen molar-refractivity contribution in [2.45, 2.75) is 32.4 Å². The molecule has 0 radical (unpaired) electrons. The number of aliphatic carboxylic acids is 1. The van der Waals surface area contributed by atoms with Crippen LogP contribution in [0.1, 0.15) is 30.7 Å². The van der Waals surface area contributed by atoms with Crippen LogP contribution in [-0.4, -0.2) is 45.7 Å². The summed E-state index contributed by atoms with van der Waals surface area (Å²) in [6.07, 6.45) is 4.85. The number of ether oxygens (including phenoxy) is 1. The summed E-state index contributed by atoms with van der Waals surface area (Å²) in [5.41, 5.74) is 1.02. The van der Waals surface area contributed by atoms with Gasteiger partial charge in [-0.1, -0.05) is 19.1 Å². The maximum Gasteiger partial charge on any atom is 0.308 e. The van der Waals surface area contributed by atoms with Crippen LogP contribution in [-0.2, 0) is 17.9 Å². The van der Waals surface area contributed by atoms with Crippen molar-refractivity contribution in [3.8, 4) is 5.75 Å². The van der Waals surface area contributed by atoms with E-state index in [1.807, 2.05) is 36.7 Å². The van der Waals surface area contributed by atoms with Gasteiger partial charge in [-0.2, -0.15) is 0 Å². The number of hydrogen-bond donors (Lipinski definition) is 1. The topological polar surface area (TPSA) is 67.6 Å². The van der Waals surface area contributed by atoms with Gasteiger partial charge in [-0.3, -0.25) is 9.69 Å². The Morgan fingerprint density at radius 3 is 2.96 bits per heavy atom. The molecule has 1 saturated heterocycles. The maximum atomic E-state index is 11.8. The molecule has 0 unspecified atom stereocenters. The molecule has 6 nitrogen and oxygen atoms in total. The summed E-state index contributed by atoms with van der Waals surface area (Å²) in [7, 11) is 1.63. The lowest BCUT2D eigenvalue weighted by Crippen LogP contribution is -2.24. The molecule has 0 amide bonds. The van der Waals surface area contributed by atoms with Crippen LogP contribution in [0.2, 0.25) is 0 Å². The number of aromatic nitrogens is 2. The molecule has 6 heteroatoms. The minimum Gasteiger partial charge on any atom is -0.497 e. The second-order valence-corrected chi connectivity index (χ2v) is 6.56. The molecule has 1 aromatic carbocycles. The standard InChI is InChI=1S/C19H25N3O3/c1-3-8-22-9-7-20-18(22)13-21-11-16(17(12-21)19(23)24)14-5-4-6-15(10-14)25-2/h4-7,9-10,16-17H,3,8,11-13H2,1-2H3,(H,23,24)/t16-,17+/m0/s1. The molecule has 1 aliphatic heterocycles. The molecular formula is C19H25N3O3. The van der Waals surface area contributed by atoms with Crippen molar-refractivity contribution in [1.29, 1.82) is 0 Å². The Kier molecular flexibility index (Phi) is 5.38. The van der Waals surface area contributed by atoms with Crippen LogP contribution in [0.4, 0.5) is 0 Å². The number of benzene rings is 1. The number of imidazole rings is 1. The van der Waals surface area contributed by atoms with E-state index in [1.54, 1.807) is 7.11 Å². The Morgan fingerprint density at radius 1 is 1.40 bits per heavy atom. The zero-order valence-corrected chi connectivity index (χ0v) is 14.8. The molecule has 3 rings (SSSR count). The highest BCUT2D eigenvalue weighted by Crippen LogP contribution is 2.35. The summed E-state index contributed by atoms with van der Waals surface area (Å²) in [5.74, 6) is 0.562. The van der Waals surface area contributed by atoms with Gasteiger partial charge in [-0.25, -0.2) is 4.98 Å². The van der Waals surface area contributed by atoms with Crippen LogP contribution in [0.3, 0.4) is 0 Å². The molecule has 1 N–H and O–H groups in total. The number of hydrogen-bond acceptors (Lipinski definition) is 4. The number of rotatable bonds is 7. The molecule has 2 aromatic rings. The van der Waals surface area contributed by atoms with E-state index in [-0.39, 0.29) is 5.92 Å². The molecule has 134 valence electrons. The van der Waals surface area contributed by atoms with Gasteiger partial charge in [0.1, 0.15) is 11.6 Å². The van der Waals surface area contributed by atoms with Gasteiger partial charge in [0.25, 0.3) is 0 Å². The van der Waals surface area contributed by atoms with Crippen molar-refractivity contribution in [3.63, 3.8) is 0 Å². The summed E-state index contributed by atoms with van der Waals surface area (Å²) < 4.78 is 7.44. The third-order valence-electron chi connectivity index (χ3n) is 4.87. The first-order chi connectivity index (χ1) is 12.1. The van der Waals surface area contributed by atoms with Crippen LogP contribution in [0.5, 0.6) is 5.75 Å². The Balaban J connectivity index is 1.78. The molecule has 0 saturated carbocycles. The fourth-order valence-corrected chi connectivity index (χ4v) is 3.61. The van der Waals surface area contributed by atoms with Crippen molar-refractivity contribution in [3.05, 3.63) is 48.0 Å². The van der Waals surface area contributed by atoms with E-state index in [2.05, 4.69) is 21.4 Å². The van der Waals surface area contributed by atoms with Crippen molar-refractivity contribution in [2.24, 2.45) is 5.92 Å². The number of carboxylic acids is 1. The molecule has 25 heavy (non-hydrogen) atoms. The molecular weight excluding hydrogens is 318 g/mol. The number of carbonyl (C=O) groups is 1. The maximum absolute atomic E-state index is 11.8. The fourth-order valence-electron chi connectivity index (χ4n) is 3.61. The fraction of sp³-hybridized carbons (Fsp3) is 0.474. The van der Waals surface area contributed by atoms with Gasteiger partial charge in [-0.05, 0) is 24.1 Å². The van der Waals surface area contributed by atoms with Gasteiger partial charge in [0, 0.05) is 37.9 Å². The normalized spacial score (nSPS) is 20.7. The number of aryl methyl sites for hydroxylation is 1. The van der Waals surface area contributed by atoms with Gasteiger partial charge >= 0.3 is 5.97 Å². The molecule has 0 bridgehead atoms. The summed E-state index contributed by atoms with van der Waals surface area (Å²) in [5, 5.41) is 9.68. The van der Waals surface area contributed by atoms with E-state index in [4.69, 9.17) is 4.74 Å². The van der Waals surface area contributed by atoms with Crippen LogP contribution in [0, 0.1) is 5.92 Å². The highest BCUT2D eigenvalue weighted by atomic mass is 16.5. The Labute approximate surface area is 148 Å². The van der Waals surface area contributed by atoms with Gasteiger partial charge < -0.3 is 14.4 Å². The molecule has 2 heterocycles. The van der Waals surface area contributed by atoms with Gasteiger partial charge in [0.05, 0.1) is 19.6 Å². The van der Waals surface area contributed by atoms with Crippen molar-refractivity contribution in [1.82, 2.24) is 14.5 Å². The molecule has 1 fully saturated rings. The summed E-state index contributed by atoms with van der Waals surface area (Å²) >= 11 is 0. The molecule has 1 aromatic heterocycles. The average molecular weight is 343 g/mol. The zero-order valence-electron chi connectivity index (χ0n) is 14.8. The second kappa shape index (κ2) is 7.70. The average Bonchev–Trinajstić information content (AvgIpc) is 3.23. The largest absolute Gasteiger partial charge is 0.497 e. The van der Waals surface area contributed by atoms with E-state index >= 15 is 0 Å². The van der Waals surface area contributed by atoms with Gasteiger partial charge in [-0.15, -0.1) is 0 Å². The SMILES string of the molecule is CCCn1ccnc1CN1C[C@@H](C(=O)O)[C@H](c2cccc(OC)c2)C1. The predicted octanol–water partition coefficient (Wildman–Crippen LogP) is 2.60. The minimum absolute atomic E-state index is 0.0396. The lowest BCUT2D eigenvalue weighted by atomic mass is 9.89. The Morgan fingerprint density at radius 2 is 2.24 bits per heavy atom. The molecule has 0 spiro atoms. The Bertz CT molecular complexity index is 728. The predicted molar refractivity (Wildman–Crippen MR) is 94.7 cm³/mol. The quantitative estimate of drug-likeness (QED) is 0.837. The minimum atomic E-state index is -0.743. The smallest absolute Gasteiger partial charge is 0.308 e. The van der Waals surface area contributed by atoms with Gasteiger partial charge in [0.2, 0.25) is 0 Å². The van der Waals surface area contributed by atoms with Gasteiger partial charge in [0.15, 0.2) is 0 Å². The van der Waals surface area contributed by atoms with E-state index in [9.17, 15) is 9.90 Å². The Hall–Kier alpha value is -2.34. The van der Waals surface area contributed by atoms with Crippen molar-refractivity contribution in [2.75, 3.05) is 20.2 Å². The molecule has 0 aliphatic carbocycles. The molecule has 2 atom stereocenters. The zero-order chi connectivity index (χ0) is 17.8. The highest BCUT2D eigenvalue weighted by molar-refractivity contribution is 5.72. The summed E-state index contributed by atoms with van der Waals surface area (Å²) in [6, 6.07) is 7.74. The monoisotopic (exact) mass is 343 g/mol. The number of carboxylic acid groups (broad SMARTS) is 1. The van der Waals surface area contributed by atoms with Crippen LogP contribution in [0.15, 0.2) is 36.7 Å². The lowest BCUT2D eigenvalue weighted by molar-refractivity contribution is -0.141. The van der Waals surface area contributed by atoms with Crippen molar-refractivity contribution >= 4 is 5.97 Å². The third-order valence-corrected chi connectivity index (χ3v) is 4.87. The first kappa shape index (κ1) is 17.5. The summed E-state index contributed by atoms with van der Waals surface area (Å²) in [4.78, 5) is 18.4. The molecule has 1 aliphatic rings. The first-order valence-corrected chi connectivity index (χ1v) is 8.71. The van der Waals surface area contributed by atoms with Crippen molar-refractivity contribution < 1.29 is 14.6 Å². The summed E-state index contributed by atoms with van der Waals surface area (Å²) in [6.45, 7) is 5.00. The van der Waals surface area contributed by atoms with E-state index in [1.165, 1.54) is 0 Å². The number of likely N-dealkylation sites (tertiary alicyclic amines) is 1.